The van der Waals surface area contributed by atoms with Crippen LogP contribution in [0.25, 0.3) is 0 Å². The fraction of sp³-hybridized carbons (Fsp3) is 0.429. The monoisotopic (exact) mass is 312 g/mol. The Morgan fingerprint density at radius 3 is 2.29 bits per heavy atom. The lowest BCUT2D eigenvalue weighted by molar-refractivity contribution is -0.130. The molecule has 0 aliphatic carbocycles. The quantitative estimate of drug-likeness (QED) is 0.882. The van der Waals surface area contributed by atoms with Crippen molar-refractivity contribution in [2.45, 2.75) is 24.8 Å². The van der Waals surface area contributed by atoms with Crippen molar-refractivity contribution in [3.63, 3.8) is 0 Å². The summed E-state index contributed by atoms with van der Waals surface area (Å²) in [6.45, 7) is 3.29. The van der Waals surface area contributed by atoms with E-state index in [1.165, 1.54) is 17.0 Å². The normalized spacial score (nSPS) is 12.6. The van der Waals surface area contributed by atoms with Crippen LogP contribution in [0.15, 0.2) is 23.1 Å². The molecule has 1 aromatic rings. The SMILES string of the molecule is Cc1ccc(S(C)(=O)=O)cc1C(=O)NC(C)C(=O)N(C)C. The summed E-state index contributed by atoms with van der Waals surface area (Å²) in [5.74, 6) is -0.707. The third-order valence-electron chi connectivity index (χ3n) is 3.04. The van der Waals surface area contributed by atoms with Crippen LogP contribution in [0.3, 0.4) is 0 Å². The second kappa shape index (κ2) is 6.26. The molecular formula is C14H20N2O4S. The molecule has 1 aromatic carbocycles. The Morgan fingerprint density at radius 2 is 1.81 bits per heavy atom. The van der Waals surface area contributed by atoms with E-state index < -0.39 is 21.8 Å². The number of hydrogen-bond donors (Lipinski definition) is 1. The van der Waals surface area contributed by atoms with Gasteiger partial charge in [0.15, 0.2) is 9.84 Å². The fourth-order valence-corrected chi connectivity index (χ4v) is 2.45. The molecule has 0 saturated carbocycles. The van der Waals surface area contributed by atoms with Gasteiger partial charge in [0.2, 0.25) is 5.91 Å². The van der Waals surface area contributed by atoms with Crippen molar-refractivity contribution in [2.75, 3.05) is 20.4 Å². The van der Waals surface area contributed by atoms with Crippen molar-refractivity contribution in [1.82, 2.24) is 10.2 Å². The molecule has 1 atom stereocenters. The van der Waals surface area contributed by atoms with Gasteiger partial charge in [-0.3, -0.25) is 9.59 Å². The largest absolute Gasteiger partial charge is 0.347 e. The van der Waals surface area contributed by atoms with Crippen molar-refractivity contribution in [3.05, 3.63) is 29.3 Å². The molecule has 1 unspecified atom stereocenters. The van der Waals surface area contributed by atoms with Crippen LogP contribution in [0.1, 0.15) is 22.8 Å². The maximum atomic E-state index is 12.2. The predicted molar refractivity (Wildman–Crippen MR) is 79.9 cm³/mol. The Kier molecular flexibility index (Phi) is 5.11. The van der Waals surface area contributed by atoms with E-state index in [2.05, 4.69) is 5.32 Å². The zero-order chi connectivity index (χ0) is 16.4. The molecule has 0 aromatic heterocycles. The van der Waals surface area contributed by atoms with Crippen LogP contribution in [0, 0.1) is 6.92 Å². The van der Waals surface area contributed by atoms with Gasteiger partial charge in [-0.25, -0.2) is 8.42 Å². The molecule has 0 spiro atoms. The number of carbonyl (C=O) groups excluding carboxylic acids is 2. The summed E-state index contributed by atoms with van der Waals surface area (Å²) in [5.41, 5.74) is 0.890. The van der Waals surface area contributed by atoms with Crippen LogP contribution in [-0.4, -0.2) is 51.5 Å². The smallest absolute Gasteiger partial charge is 0.252 e. The van der Waals surface area contributed by atoms with Crippen molar-refractivity contribution in [1.29, 1.82) is 0 Å². The van der Waals surface area contributed by atoms with Gasteiger partial charge in [-0.1, -0.05) is 6.07 Å². The molecule has 2 amide bonds. The lowest BCUT2D eigenvalue weighted by Gasteiger charge is -2.18. The standard InChI is InChI=1S/C14H20N2O4S/c1-9-6-7-11(21(5,19)20)8-12(9)13(17)15-10(2)14(18)16(3)4/h6-8,10H,1-5H3,(H,15,17). The van der Waals surface area contributed by atoms with Crippen molar-refractivity contribution in [3.8, 4) is 0 Å². The second-order valence-corrected chi connectivity index (χ2v) is 7.19. The number of hydrogen-bond acceptors (Lipinski definition) is 4. The van der Waals surface area contributed by atoms with Gasteiger partial charge in [0.1, 0.15) is 6.04 Å². The number of rotatable bonds is 4. The molecule has 7 heteroatoms. The number of nitrogens with one attached hydrogen (secondary N) is 1. The minimum atomic E-state index is -3.39. The molecule has 0 radical (unpaired) electrons. The van der Waals surface area contributed by atoms with Crippen molar-refractivity contribution in [2.24, 2.45) is 0 Å². The summed E-state index contributed by atoms with van der Waals surface area (Å²) >= 11 is 0. The van der Waals surface area contributed by atoms with Crippen LogP contribution in [0.5, 0.6) is 0 Å². The maximum Gasteiger partial charge on any atom is 0.252 e. The first-order chi connectivity index (χ1) is 9.54. The van der Waals surface area contributed by atoms with Gasteiger partial charge in [0.25, 0.3) is 5.91 Å². The number of amides is 2. The molecule has 21 heavy (non-hydrogen) atoms. The summed E-state index contributed by atoms with van der Waals surface area (Å²) in [7, 11) is -0.194. The number of carbonyl (C=O) groups is 2. The number of aryl methyl sites for hydroxylation is 1. The molecule has 6 nitrogen and oxygen atoms in total. The second-order valence-electron chi connectivity index (χ2n) is 5.18. The van der Waals surface area contributed by atoms with E-state index in [0.29, 0.717) is 5.56 Å². The molecule has 1 rings (SSSR count). The summed E-state index contributed by atoms with van der Waals surface area (Å²) in [5, 5.41) is 2.57. The minimum absolute atomic E-state index is 0.0739. The highest BCUT2D eigenvalue weighted by Gasteiger charge is 2.20. The predicted octanol–water partition coefficient (Wildman–Crippen LogP) is 0.605. The molecular weight excluding hydrogens is 292 g/mol. The van der Waals surface area contributed by atoms with Gasteiger partial charge < -0.3 is 10.2 Å². The molecule has 0 bridgehead atoms. The van der Waals surface area contributed by atoms with Gasteiger partial charge >= 0.3 is 0 Å². The summed E-state index contributed by atoms with van der Waals surface area (Å²) < 4.78 is 23.1. The molecule has 116 valence electrons. The van der Waals surface area contributed by atoms with Gasteiger partial charge in [0, 0.05) is 25.9 Å². The Morgan fingerprint density at radius 1 is 1.24 bits per heavy atom. The average Bonchev–Trinajstić information content (AvgIpc) is 2.36. The number of sulfone groups is 1. The fourth-order valence-electron chi connectivity index (χ4n) is 1.80. The van der Waals surface area contributed by atoms with E-state index in [1.54, 1.807) is 34.0 Å². The number of nitrogens with zero attached hydrogens (tertiary/aromatic N) is 1. The molecule has 0 aliphatic rings. The summed E-state index contributed by atoms with van der Waals surface area (Å²) in [6, 6.07) is 3.67. The summed E-state index contributed by atoms with van der Waals surface area (Å²) in [6.07, 6.45) is 1.08. The third kappa shape index (κ3) is 4.29. The Hall–Kier alpha value is -1.89. The highest BCUT2D eigenvalue weighted by atomic mass is 32.2. The maximum absolute atomic E-state index is 12.2. The van der Waals surface area contributed by atoms with Crippen LogP contribution in [-0.2, 0) is 14.6 Å². The Bertz CT molecular complexity index is 666. The average molecular weight is 312 g/mol. The highest BCUT2D eigenvalue weighted by Crippen LogP contribution is 2.15. The Labute approximate surface area is 125 Å². The first-order valence-corrected chi connectivity index (χ1v) is 8.26. The lowest BCUT2D eigenvalue weighted by Crippen LogP contribution is -2.44. The molecule has 1 N–H and O–H groups in total. The van der Waals surface area contributed by atoms with Gasteiger partial charge in [-0.05, 0) is 31.5 Å². The number of likely N-dealkylation sites (N-methyl/N-ethyl adjacent to an activating group) is 1. The zero-order valence-electron chi connectivity index (χ0n) is 12.8. The highest BCUT2D eigenvalue weighted by molar-refractivity contribution is 7.90. The van der Waals surface area contributed by atoms with E-state index >= 15 is 0 Å². The van der Waals surface area contributed by atoms with E-state index in [1.807, 2.05) is 0 Å². The van der Waals surface area contributed by atoms with Gasteiger partial charge in [0.05, 0.1) is 4.90 Å². The lowest BCUT2D eigenvalue weighted by atomic mass is 10.1. The molecule has 0 saturated heterocycles. The van der Waals surface area contributed by atoms with Gasteiger partial charge in [-0.15, -0.1) is 0 Å². The topological polar surface area (TPSA) is 83.5 Å². The van der Waals surface area contributed by atoms with Crippen molar-refractivity contribution >= 4 is 21.7 Å². The van der Waals surface area contributed by atoms with E-state index in [-0.39, 0.29) is 16.4 Å². The Balaban J connectivity index is 3.05. The minimum Gasteiger partial charge on any atom is -0.347 e. The third-order valence-corrected chi connectivity index (χ3v) is 4.15. The molecule has 0 aliphatic heterocycles. The van der Waals surface area contributed by atoms with Crippen LogP contribution >= 0.6 is 0 Å². The van der Waals surface area contributed by atoms with Gasteiger partial charge in [-0.2, -0.15) is 0 Å². The molecule has 0 fully saturated rings. The van der Waals surface area contributed by atoms with Crippen LogP contribution in [0.2, 0.25) is 0 Å². The molecule has 0 heterocycles. The van der Waals surface area contributed by atoms with Crippen molar-refractivity contribution < 1.29 is 18.0 Å². The van der Waals surface area contributed by atoms with E-state index in [4.69, 9.17) is 0 Å². The first-order valence-electron chi connectivity index (χ1n) is 6.36. The van der Waals surface area contributed by atoms with Crippen LogP contribution < -0.4 is 5.32 Å². The van der Waals surface area contributed by atoms with Crippen LogP contribution in [0.4, 0.5) is 0 Å². The zero-order valence-corrected chi connectivity index (χ0v) is 13.6. The van der Waals surface area contributed by atoms with E-state index in [0.717, 1.165) is 6.26 Å². The number of benzene rings is 1. The van der Waals surface area contributed by atoms with E-state index in [9.17, 15) is 18.0 Å². The summed E-state index contributed by atoms with van der Waals surface area (Å²) in [4.78, 5) is 25.4. The first kappa shape index (κ1) is 17.2.